The Balaban J connectivity index is 1.78. The van der Waals surface area contributed by atoms with Gasteiger partial charge in [-0.3, -0.25) is 4.79 Å². The van der Waals surface area contributed by atoms with Gasteiger partial charge in [0.15, 0.2) is 0 Å². The van der Waals surface area contributed by atoms with Gasteiger partial charge in [-0.25, -0.2) is 0 Å². The molecule has 5 rings (SSSR count). The minimum atomic E-state index is -5.03. The number of carbonyl (C=O) groups excluding carboxylic acids is 1. The first kappa shape index (κ1) is 25.7. The average Bonchev–Trinajstić information content (AvgIpc) is 3.16. The maximum absolute atomic E-state index is 13.9. The Morgan fingerprint density at radius 1 is 0.789 bits per heavy atom. The highest BCUT2D eigenvalue weighted by Gasteiger charge is 2.38. The molecule has 0 fully saturated rings. The number of nitrogens with zero attached hydrogens (tertiary/aromatic N) is 1. The molecule has 10 heteroatoms. The van der Waals surface area contributed by atoms with Crippen molar-refractivity contribution >= 4 is 39.3 Å². The van der Waals surface area contributed by atoms with Crippen molar-refractivity contribution in [1.29, 1.82) is 0 Å². The van der Waals surface area contributed by atoms with Crippen molar-refractivity contribution in [2.75, 3.05) is 0 Å². The van der Waals surface area contributed by atoms with E-state index < -0.39 is 35.9 Å². The fourth-order valence-corrected chi connectivity index (χ4v) is 4.79. The standard InChI is InChI=1S/C28H17ClF6N2O/c29-19-9-5-15(6-10-19)16-7-11-20-24(12-16)37(23-3-1-2-21(25(20)23)26(36)38)14-17-4-8-18(27(30,31)32)13-22(17)28(33,34)35/h1-13H,14H2,(H2,36,38). The van der Waals surface area contributed by atoms with E-state index in [1.807, 2.05) is 0 Å². The summed E-state index contributed by atoms with van der Waals surface area (Å²) in [6.07, 6.45) is -9.96. The van der Waals surface area contributed by atoms with Gasteiger partial charge in [-0.2, -0.15) is 26.3 Å². The monoisotopic (exact) mass is 546 g/mol. The second-order valence-corrected chi connectivity index (χ2v) is 9.19. The van der Waals surface area contributed by atoms with Crippen molar-refractivity contribution in [3.05, 3.63) is 106 Å². The second-order valence-electron chi connectivity index (χ2n) is 8.76. The van der Waals surface area contributed by atoms with Crippen LogP contribution in [0.3, 0.4) is 0 Å². The van der Waals surface area contributed by atoms with Gasteiger partial charge in [0.05, 0.1) is 22.2 Å². The predicted octanol–water partition coefficient (Wildman–Crippen LogP) is 8.30. The maximum atomic E-state index is 13.9. The van der Waals surface area contributed by atoms with Gasteiger partial charge in [0.1, 0.15) is 0 Å². The van der Waals surface area contributed by atoms with Crippen LogP contribution >= 0.6 is 11.6 Å². The van der Waals surface area contributed by atoms with Crippen LogP contribution in [0, 0.1) is 0 Å². The van der Waals surface area contributed by atoms with Crippen LogP contribution in [-0.2, 0) is 18.9 Å². The molecular weight excluding hydrogens is 530 g/mol. The molecule has 0 atom stereocenters. The Morgan fingerprint density at radius 2 is 1.47 bits per heavy atom. The van der Waals surface area contributed by atoms with Crippen LogP contribution in [0.15, 0.2) is 78.9 Å². The lowest BCUT2D eigenvalue weighted by atomic mass is 10.0. The van der Waals surface area contributed by atoms with Crippen molar-refractivity contribution in [1.82, 2.24) is 4.57 Å². The summed E-state index contributed by atoms with van der Waals surface area (Å²) in [6.45, 7) is -0.404. The van der Waals surface area contributed by atoms with Crippen molar-refractivity contribution in [3.63, 3.8) is 0 Å². The molecule has 0 saturated carbocycles. The number of hydrogen-bond acceptors (Lipinski definition) is 1. The molecule has 1 amide bonds. The number of nitrogens with two attached hydrogens (primary N) is 1. The fraction of sp³-hybridized carbons (Fsp3) is 0.107. The number of amides is 1. The fourth-order valence-electron chi connectivity index (χ4n) is 4.67. The van der Waals surface area contributed by atoms with Gasteiger partial charge >= 0.3 is 12.4 Å². The minimum absolute atomic E-state index is 0.122. The first-order valence-corrected chi connectivity index (χ1v) is 11.6. The summed E-state index contributed by atoms with van der Waals surface area (Å²) in [4.78, 5) is 12.2. The van der Waals surface area contributed by atoms with E-state index in [0.29, 0.717) is 32.9 Å². The van der Waals surface area contributed by atoms with E-state index in [0.717, 1.165) is 17.2 Å². The molecule has 0 bridgehead atoms. The van der Waals surface area contributed by atoms with E-state index in [4.69, 9.17) is 17.3 Å². The number of carbonyl (C=O) groups is 1. The highest BCUT2D eigenvalue weighted by molar-refractivity contribution is 6.30. The summed E-state index contributed by atoms with van der Waals surface area (Å²) in [5, 5.41) is 1.53. The number of rotatable bonds is 4. The van der Waals surface area contributed by atoms with Gasteiger partial charge in [0, 0.05) is 27.9 Å². The first-order chi connectivity index (χ1) is 17.8. The van der Waals surface area contributed by atoms with E-state index in [-0.39, 0.29) is 17.2 Å². The highest BCUT2D eigenvalue weighted by atomic mass is 35.5. The molecule has 194 valence electrons. The number of primary amides is 1. The van der Waals surface area contributed by atoms with Crippen LogP contribution in [0.25, 0.3) is 32.9 Å². The Bertz CT molecular complexity index is 1700. The SMILES string of the molecule is NC(=O)c1cccc2c1c1ccc(-c3ccc(Cl)cc3)cc1n2Cc1ccc(C(F)(F)F)cc1C(F)(F)F. The van der Waals surface area contributed by atoms with Gasteiger partial charge in [0.25, 0.3) is 0 Å². The second kappa shape index (κ2) is 9.09. The van der Waals surface area contributed by atoms with E-state index in [2.05, 4.69) is 0 Å². The maximum Gasteiger partial charge on any atom is 0.416 e. The lowest BCUT2D eigenvalue weighted by molar-refractivity contribution is -0.143. The third-order valence-corrected chi connectivity index (χ3v) is 6.66. The molecule has 1 aromatic heterocycles. The van der Waals surface area contributed by atoms with Gasteiger partial charge < -0.3 is 10.3 Å². The third-order valence-electron chi connectivity index (χ3n) is 6.41. The Labute approximate surface area is 217 Å². The summed E-state index contributed by atoms with van der Waals surface area (Å²) < 4.78 is 82.9. The lowest BCUT2D eigenvalue weighted by Crippen LogP contribution is -2.15. The molecule has 0 saturated heterocycles. The summed E-state index contributed by atoms with van der Waals surface area (Å²) in [6, 6.07) is 18.5. The van der Waals surface area contributed by atoms with E-state index in [1.54, 1.807) is 59.2 Å². The summed E-state index contributed by atoms with van der Waals surface area (Å²) in [5.41, 5.74) is 5.04. The molecule has 0 spiro atoms. The largest absolute Gasteiger partial charge is 0.416 e. The van der Waals surface area contributed by atoms with Gasteiger partial charge in [-0.1, -0.05) is 48.0 Å². The summed E-state index contributed by atoms with van der Waals surface area (Å²) >= 11 is 5.99. The normalized spacial score (nSPS) is 12.4. The summed E-state index contributed by atoms with van der Waals surface area (Å²) in [7, 11) is 0. The highest BCUT2D eigenvalue weighted by Crippen LogP contribution is 2.40. The topological polar surface area (TPSA) is 48.0 Å². The van der Waals surface area contributed by atoms with Crippen LogP contribution < -0.4 is 5.73 Å². The van der Waals surface area contributed by atoms with Crippen LogP contribution in [0.1, 0.15) is 27.0 Å². The number of fused-ring (bicyclic) bond motifs is 3. The number of halogens is 7. The lowest BCUT2D eigenvalue weighted by Gasteiger charge is -2.17. The zero-order valence-corrected chi connectivity index (χ0v) is 20.0. The number of hydrogen-bond donors (Lipinski definition) is 1. The molecule has 0 radical (unpaired) electrons. The van der Waals surface area contributed by atoms with Crippen LogP contribution in [0.4, 0.5) is 26.3 Å². The average molecular weight is 547 g/mol. The molecule has 3 nitrogen and oxygen atoms in total. The van der Waals surface area contributed by atoms with Crippen molar-refractivity contribution in [2.24, 2.45) is 5.73 Å². The molecule has 1 heterocycles. The molecule has 38 heavy (non-hydrogen) atoms. The summed E-state index contributed by atoms with van der Waals surface area (Å²) in [5.74, 6) is -0.720. The van der Waals surface area contributed by atoms with Crippen molar-refractivity contribution in [3.8, 4) is 11.1 Å². The zero-order chi connectivity index (χ0) is 27.4. The smallest absolute Gasteiger partial charge is 0.366 e. The van der Waals surface area contributed by atoms with Gasteiger partial charge in [-0.15, -0.1) is 0 Å². The van der Waals surface area contributed by atoms with E-state index in [1.165, 1.54) is 6.07 Å². The predicted molar refractivity (Wildman–Crippen MR) is 134 cm³/mol. The minimum Gasteiger partial charge on any atom is -0.366 e. The first-order valence-electron chi connectivity index (χ1n) is 11.2. The quantitative estimate of drug-likeness (QED) is 0.226. The van der Waals surface area contributed by atoms with E-state index >= 15 is 0 Å². The molecule has 0 aliphatic rings. The molecule has 0 aliphatic heterocycles. The molecule has 0 unspecified atom stereocenters. The van der Waals surface area contributed by atoms with Crippen molar-refractivity contribution < 1.29 is 31.1 Å². The molecule has 0 aliphatic carbocycles. The van der Waals surface area contributed by atoms with Crippen LogP contribution in [0.5, 0.6) is 0 Å². The molecule has 2 N–H and O–H groups in total. The van der Waals surface area contributed by atoms with Crippen molar-refractivity contribution in [2.45, 2.75) is 18.9 Å². The molecule has 5 aromatic rings. The Kier molecular flexibility index (Phi) is 6.14. The van der Waals surface area contributed by atoms with Crippen LogP contribution in [0.2, 0.25) is 5.02 Å². The number of alkyl halides is 6. The third kappa shape index (κ3) is 4.58. The Hall–Kier alpha value is -3.98. The number of aromatic nitrogens is 1. The van der Waals surface area contributed by atoms with Gasteiger partial charge in [0.2, 0.25) is 5.91 Å². The van der Waals surface area contributed by atoms with E-state index in [9.17, 15) is 31.1 Å². The van der Waals surface area contributed by atoms with Crippen LogP contribution in [-0.4, -0.2) is 10.5 Å². The van der Waals surface area contributed by atoms with Gasteiger partial charge in [-0.05, 0) is 59.2 Å². The molecular formula is C28H17ClF6N2O. The molecule has 4 aromatic carbocycles. The Morgan fingerprint density at radius 3 is 2.11 bits per heavy atom. The zero-order valence-electron chi connectivity index (χ0n) is 19.3. The number of benzene rings is 4.